The van der Waals surface area contributed by atoms with Gasteiger partial charge in [0.05, 0.1) is 26.4 Å². The first-order valence-corrected chi connectivity index (χ1v) is 18.5. The summed E-state index contributed by atoms with van der Waals surface area (Å²) in [6.07, 6.45) is -0.132. The van der Waals surface area contributed by atoms with Crippen LogP contribution in [-0.2, 0) is 15.9 Å². The number of benzene rings is 4. The molecule has 0 saturated heterocycles. The van der Waals surface area contributed by atoms with E-state index in [0.29, 0.717) is 5.56 Å². The van der Waals surface area contributed by atoms with Crippen molar-refractivity contribution in [3.05, 3.63) is 142 Å². The molecule has 0 bridgehead atoms. The molecule has 0 aromatic heterocycles. The highest BCUT2D eigenvalue weighted by Crippen LogP contribution is 2.33. The third kappa shape index (κ3) is 12.2. The molecule has 3 N–H and O–H groups in total. The molecule has 0 fully saturated rings. The number of hydrogen-bond acceptors (Lipinski definition) is 10. The van der Waals surface area contributed by atoms with Crippen molar-refractivity contribution in [1.82, 2.24) is 16.0 Å². The van der Waals surface area contributed by atoms with E-state index < -0.39 is 141 Å². The van der Waals surface area contributed by atoms with Crippen molar-refractivity contribution in [3.8, 4) is 11.5 Å². The van der Waals surface area contributed by atoms with Gasteiger partial charge in [0, 0.05) is 34.4 Å². The first kappa shape index (κ1) is 52.5. The average Bonchev–Trinajstić information content (AvgIpc) is 3.31. The standard InChI is InChI=1S/C37H26F12N12O7/c38-20-17(21(39)27(45)32(26(20)44)56-59-50)35(62)53-4-3-14-1-2-15(67-11-9-65-7-5-54-36(63)18-22(40)28(46)33(57-60-51)29(47)23(18)41)16(13-14)68-12-10-66-8-6-55-37(64)19-24(42)30(48)34(58-61-52)31(49)25(19)43/h1-2,13H,3-12H2,(H,53,62)(H,54,63)(H,55,64). The molecule has 0 saturated carbocycles. The van der Waals surface area contributed by atoms with Gasteiger partial charge in [0.25, 0.3) is 17.7 Å². The summed E-state index contributed by atoms with van der Waals surface area (Å²) < 4.78 is 193. The predicted molar refractivity (Wildman–Crippen MR) is 205 cm³/mol. The van der Waals surface area contributed by atoms with E-state index in [-0.39, 0.29) is 57.6 Å². The topological polar surface area (TPSA) is 270 Å². The minimum atomic E-state index is -2.14. The zero-order chi connectivity index (χ0) is 50.2. The lowest BCUT2D eigenvalue weighted by atomic mass is 10.1. The highest BCUT2D eigenvalue weighted by molar-refractivity contribution is 5.96. The van der Waals surface area contributed by atoms with Gasteiger partial charge in [0.2, 0.25) is 0 Å². The fourth-order valence-electron chi connectivity index (χ4n) is 5.48. The minimum absolute atomic E-state index is 0.00587. The van der Waals surface area contributed by atoms with Crippen LogP contribution in [0.4, 0.5) is 69.7 Å². The quantitative estimate of drug-likeness (QED) is 0.0162. The van der Waals surface area contributed by atoms with E-state index in [1.165, 1.54) is 18.2 Å². The van der Waals surface area contributed by atoms with Crippen LogP contribution in [0, 0.1) is 69.8 Å². The number of hydrogen-bond donors (Lipinski definition) is 3. The van der Waals surface area contributed by atoms with Crippen LogP contribution in [0.2, 0.25) is 0 Å². The van der Waals surface area contributed by atoms with Crippen LogP contribution in [0.3, 0.4) is 0 Å². The molecule has 360 valence electrons. The van der Waals surface area contributed by atoms with E-state index >= 15 is 0 Å². The van der Waals surface area contributed by atoms with Gasteiger partial charge in [0.1, 0.15) is 47.0 Å². The summed E-state index contributed by atoms with van der Waals surface area (Å²) in [5.74, 6) is -30.3. The summed E-state index contributed by atoms with van der Waals surface area (Å²) in [6, 6.07) is 4.08. The van der Waals surface area contributed by atoms with Crippen molar-refractivity contribution in [2.24, 2.45) is 15.3 Å². The summed E-state index contributed by atoms with van der Waals surface area (Å²) in [5, 5.41) is 13.6. The van der Waals surface area contributed by atoms with E-state index in [0.717, 1.165) is 0 Å². The van der Waals surface area contributed by atoms with Gasteiger partial charge in [-0.3, -0.25) is 14.4 Å². The Balaban J connectivity index is 1.35. The Hall–Kier alpha value is -8.10. The summed E-state index contributed by atoms with van der Waals surface area (Å²) in [4.78, 5) is 43.2. The summed E-state index contributed by atoms with van der Waals surface area (Å²) in [7, 11) is 0. The van der Waals surface area contributed by atoms with Crippen LogP contribution in [0.1, 0.15) is 36.6 Å². The molecule has 0 heterocycles. The predicted octanol–water partition coefficient (Wildman–Crippen LogP) is 8.80. The van der Waals surface area contributed by atoms with Crippen LogP contribution < -0.4 is 25.4 Å². The largest absolute Gasteiger partial charge is 0.487 e. The zero-order valence-electron chi connectivity index (χ0n) is 33.7. The Bertz CT molecular complexity index is 2690. The highest BCUT2D eigenvalue weighted by atomic mass is 19.2. The number of azide groups is 3. The van der Waals surface area contributed by atoms with Gasteiger partial charge in [-0.2, -0.15) is 0 Å². The van der Waals surface area contributed by atoms with E-state index in [2.05, 4.69) is 25.6 Å². The molecule has 0 aliphatic heterocycles. The molecule has 0 aliphatic carbocycles. The maximum Gasteiger partial charge on any atom is 0.257 e. The molecular formula is C37H26F12N12O7. The van der Waals surface area contributed by atoms with Gasteiger partial charge in [-0.25, -0.2) is 52.7 Å². The van der Waals surface area contributed by atoms with Gasteiger partial charge in [-0.15, -0.1) is 0 Å². The Morgan fingerprint density at radius 2 is 0.765 bits per heavy atom. The highest BCUT2D eigenvalue weighted by Gasteiger charge is 2.31. The number of halogens is 12. The second-order valence-corrected chi connectivity index (χ2v) is 12.7. The number of carbonyl (C=O) groups is 3. The SMILES string of the molecule is [N-]=[N+]=Nc1c(F)c(F)c(C(=O)NCCOCCOc2ccc(CCNC(=O)c3c(F)c(F)c(N=[N+]=[N-])c(F)c3F)cc2OCCOCCNC(=O)c2c(F)c(F)c(N=[N+]=[N-])c(F)c2F)c(F)c1F. The van der Waals surface area contributed by atoms with Crippen molar-refractivity contribution in [3.63, 3.8) is 0 Å². The second kappa shape index (κ2) is 24.4. The Morgan fingerprint density at radius 3 is 1.10 bits per heavy atom. The third-order valence-corrected chi connectivity index (χ3v) is 8.58. The van der Waals surface area contributed by atoms with Crippen molar-refractivity contribution >= 4 is 34.8 Å². The third-order valence-electron chi connectivity index (χ3n) is 8.58. The van der Waals surface area contributed by atoms with Crippen LogP contribution in [-0.4, -0.2) is 77.0 Å². The maximum atomic E-state index is 14.5. The smallest absolute Gasteiger partial charge is 0.257 e. The second-order valence-electron chi connectivity index (χ2n) is 12.7. The molecule has 31 heteroatoms. The fraction of sp³-hybridized carbons (Fsp3) is 0.270. The Morgan fingerprint density at radius 1 is 0.441 bits per heavy atom. The molecular weight excluding hydrogens is 952 g/mol. The summed E-state index contributed by atoms with van der Waals surface area (Å²) in [6.45, 7) is -3.13. The lowest BCUT2D eigenvalue weighted by molar-refractivity contribution is 0.0822. The number of rotatable bonds is 23. The minimum Gasteiger partial charge on any atom is -0.487 e. The van der Waals surface area contributed by atoms with Gasteiger partial charge >= 0.3 is 0 Å². The van der Waals surface area contributed by atoms with E-state index in [9.17, 15) is 67.1 Å². The number of carbonyl (C=O) groups excluding carboxylic acids is 3. The lowest BCUT2D eigenvalue weighted by Gasteiger charge is -2.15. The maximum absolute atomic E-state index is 14.5. The molecule has 0 radical (unpaired) electrons. The number of amides is 3. The average molecular weight is 979 g/mol. The molecule has 19 nitrogen and oxygen atoms in total. The van der Waals surface area contributed by atoms with Gasteiger partial charge in [0.15, 0.2) is 81.3 Å². The first-order valence-electron chi connectivity index (χ1n) is 18.5. The first-order chi connectivity index (χ1) is 32.4. The number of nitrogens with one attached hydrogen (secondary N) is 3. The zero-order valence-corrected chi connectivity index (χ0v) is 33.7. The van der Waals surface area contributed by atoms with Crippen LogP contribution in [0.5, 0.6) is 11.5 Å². The Kier molecular flexibility index (Phi) is 18.9. The molecule has 3 amide bonds. The number of nitrogens with zero attached hydrogens (tertiary/aromatic N) is 9. The molecule has 4 aromatic carbocycles. The monoisotopic (exact) mass is 978 g/mol. The lowest BCUT2D eigenvalue weighted by Crippen LogP contribution is -2.30. The summed E-state index contributed by atoms with van der Waals surface area (Å²) in [5.41, 5.74) is 15.6. The molecule has 0 spiro atoms. The van der Waals surface area contributed by atoms with Crippen molar-refractivity contribution < 1.29 is 86.0 Å². The Labute approximate surface area is 370 Å². The molecule has 0 atom stereocenters. The summed E-state index contributed by atoms with van der Waals surface area (Å²) >= 11 is 0. The van der Waals surface area contributed by atoms with Crippen molar-refractivity contribution in [2.75, 3.05) is 59.3 Å². The van der Waals surface area contributed by atoms with Gasteiger partial charge < -0.3 is 34.9 Å². The fourth-order valence-corrected chi connectivity index (χ4v) is 5.48. The van der Waals surface area contributed by atoms with Crippen molar-refractivity contribution in [2.45, 2.75) is 6.42 Å². The molecule has 0 aliphatic rings. The van der Waals surface area contributed by atoms with E-state index in [1.54, 1.807) is 0 Å². The van der Waals surface area contributed by atoms with Crippen molar-refractivity contribution in [1.29, 1.82) is 0 Å². The number of ether oxygens (including phenoxy) is 4. The van der Waals surface area contributed by atoms with Gasteiger partial charge in [-0.1, -0.05) is 21.4 Å². The van der Waals surface area contributed by atoms with Crippen LogP contribution in [0.25, 0.3) is 31.3 Å². The normalized spacial score (nSPS) is 10.6. The van der Waals surface area contributed by atoms with Crippen LogP contribution >= 0.6 is 0 Å². The van der Waals surface area contributed by atoms with Crippen LogP contribution in [0.15, 0.2) is 33.5 Å². The van der Waals surface area contributed by atoms with E-state index in [4.69, 9.17) is 35.5 Å². The molecule has 0 unspecified atom stereocenters. The molecule has 68 heavy (non-hydrogen) atoms. The molecule has 4 aromatic rings. The van der Waals surface area contributed by atoms with Gasteiger partial charge in [-0.05, 0) is 40.7 Å². The van der Waals surface area contributed by atoms with E-state index in [1.807, 2.05) is 20.5 Å². The molecule has 4 rings (SSSR count).